The molecule has 12 heteroatoms. The summed E-state index contributed by atoms with van der Waals surface area (Å²) in [5.74, 6) is -0.132. The fraction of sp³-hybridized carbons (Fsp3) is 0.200. The molecule has 0 N–H and O–H groups in total. The molecule has 0 radical (unpaired) electrons. The normalized spacial score (nSPS) is 11.8. The van der Waals surface area contributed by atoms with Gasteiger partial charge in [-0.3, -0.25) is 18.5 Å². The van der Waals surface area contributed by atoms with Gasteiger partial charge in [-0.2, -0.15) is 18.2 Å². The molecule has 0 saturated carbocycles. The van der Waals surface area contributed by atoms with E-state index in [1.807, 2.05) is 0 Å². The van der Waals surface area contributed by atoms with Gasteiger partial charge in [-0.25, -0.2) is 9.78 Å². The van der Waals surface area contributed by atoms with Crippen LogP contribution in [0.15, 0.2) is 52.2 Å². The third-order valence-corrected chi connectivity index (χ3v) is 5.04. The summed E-state index contributed by atoms with van der Waals surface area (Å²) in [4.78, 5) is 33.4. The zero-order valence-electron chi connectivity index (χ0n) is 16.7. The maximum Gasteiger partial charge on any atom is 0.416 e. The number of ether oxygens (including phenoxy) is 1. The van der Waals surface area contributed by atoms with Crippen LogP contribution in [0.3, 0.4) is 0 Å². The molecule has 4 aromatic rings. The van der Waals surface area contributed by atoms with Gasteiger partial charge in [0.15, 0.2) is 11.2 Å². The monoisotopic (exact) mass is 465 g/mol. The first-order valence-electron chi connectivity index (χ1n) is 9.18. The van der Waals surface area contributed by atoms with Gasteiger partial charge in [0.25, 0.3) is 5.56 Å². The number of hydrogen-bond donors (Lipinski definition) is 0. The average molecular weight is 466 g/mol. The van der Waals surface area contributed by atoms with Gasteiger partial charge in [0.05, 0.1) is 12.1 Å². The molecule has 32 heavy (non-hydrogen) atoms. The summed E-state index contributed by atoms with van der Waals surface area (Å²) >= 11 is 5.82. The van der Waals surface area contributed by atoms with Gasteiger partial charge < -0.3 is 4.74 Å². The first-order chi connectivity index (χ1) is 15.1. The molecule has 0 aliphatic rings. The minimum Gasteiger partial charge on any atom is -0.425 e. The van der Waals surface area contributed by atoms with E-state index in [2.05, 4.69) is 9.97 Å². The van der Waals surface area contributed by atoms with Crippen LogP contribution in [0.2, 0.25) is 5.15 Å². The maximum atomic E-state index is 13.1. The van der Waals surface area contributed by atoms with E-state index in [1.165, 1.54) is 37.0 Å². The van der Waals surface area contributed by atoms with E-state index in [-0.39, 0.29) is 34.6 Å². The van der Waals surface area contributed by atoms with E-state index in [1.54, 1.807) is 12.1 Å². The molecule has 0 saturated heterocycles. The number of hydrogen-bond acceptors (Lipinski definition) is 5. The third-order valence-electron chi connectivity index (χ3n) is 4.81. The number of halogens is 4. The Kier molecular flexibility index (Phi) is 5.29. The van der Waals surface area contributed by atoms with E-state index >= 15 is 0 Å². The lowest BCUT2D eigenvalue weighted by Gasteiger charge is -2.12. The fourth-order valence-corrected chi connectivity index (χ4v) is 3.29. The number of imidazole rings is 1. The molecular formula is C20H15ClF3N5O3. The summed E-state index contributed by atoms with van der Waals surface area (Å²) in [5, 5.41) is 0.267. The summed E-state index contributed by atoms with van der Waals surface area (Å²) in [6.07, 6.45) is -3.08. The van der Waals surface area contributed by atoms with Crippen molar-refractivity contribution in [2.75, 3.05) is 0 Å². The highest BCUT2D eigenvalue weighted by Gasteiger charge is 2.31. The van der Waals surface area contributed by atoms with Gasteiger partial charge in [0.1, 0.15) is 10.9 Å². The zero-order valence-corrected chi connectivity index (χ0v) is 17.5. The first-order valence-corrected chi connectivity index (χ1v) is 9.56. The zero-order chi connectivity index (χ0) is 23.2. The van der Waals surface area contributed by atoms with Crippen LogP contribution in [0.4, 0.5) is 13.2 Å². The van der Waals surface area contributed by atoms with E-state index < -0.39 is 23.0 Å². The second-order valence-electron chi connectivity index (χ2n) is 6.98. The largest absolute Gasteiger partial charge is 0.425 e. The molecule has 0 amide bonds. The first kappa shape index (κ1) is 21.6. The summed E-state index contributed by atoms with van der Waals surface area (Å²) in [5.41, 5.74) is -1.43. The molecule has 3 aromatic heterocycles. The molecule has 8 nitrogen and oxygen atoms in total. The van der Waals surface area contributed by atoms with Crippen LogP contribution in [0.25, 0.3) is 11.2 Å². The minimum atomic E-state index is -4.56. The second-order valence-corrected chi connectivity index (χ2v) is 7.36. The Hall–Kier alpha value is -3.60. The number of aromatic nitrogens is 5. The smallest absolute Gasteiger partial charge is 0.416 e. The van der Waals surface area contributed by atoms with Crippen molar-refractivity contribution in [1.82, 2.24) is 23.7 Å². The van der Waals surface area contributed by atoms with Crippen LogP contribution >= 0.6 is 11.6 Å². The molecule has 1 aromatic carbocycles. The van der Waals surface area contributed by atoms with Crippen LogP contribution < -0.4 is 16.0 Å². The highest BCUT2D eigenvalue weighted by Crippen LogP contribution is 2.33. The van der Waals surface area contributed by atoms with Crippen LogP contribution in [0, 0.1) is 0 Å². The molecule has 4 rings (SSSR count). The van der Waals surface area contributed by atoms with Gasteiger partial charge in [-0.15, -0.1) is 0 Å². The topological polar surface area (TPSA) is 83.9 Å². The van der Waals surface area contributed by atoms with E-state index in [0.717, 1.165) is 21.3 Å². The lowest BCUT2D eigenvalue weighted by Crippen LogP contribution is -2.37. The standard InChI is InChI=1S/C20H15ClF3N5O3/c1-27-16-15(17(30)28(2)19(27)31)29(10-11-6-7-14(21)25-9-11)18(26-16)32-13-5-3-4-12(8-13)20(22,23)24/h3-9H,10H2,1-2H3. The van der Waals surface area contributed by atoms with Gasteiger partial charge in [-0.1, -0.05) is 23.7 Å². The van der Waals surface area contributed by atoms with Gasteiger partial charge in [0, 0.05) is 20.3 Å². The van der Waals surface area contributed by atoms with Crippen molar-refractivity contribution in [2.45, 2.75) is 12.7 Å². The summed E-state index contributed by atoms with van der Waals surface area (Å²) in [6, 6.07) is 7.33. The Morgan fingerprint density at radius 1 is 1.09 bits per heavy atom. The quantitative estimate of drug-likeness (QED) is 0.432. The minimum absolute atomic E-state index is 0.0296. The highest BCUT2D eigenvalue weighted by molar-refractivity contribution is 6.29. The van der Waals surface area contributed by atoms with E-state index in [9.17, 15) is 22.8 Å². The number of benzene rings is 1. The fourth-order valence-electron chi connectivity index (χ4n) is 3.17. The SMILES string of the molecule is Cn1c(=O)c2c(nc(Oc3cccc(C(F)(F)F)c3)n2Cc2ccc(Cl)nc2)n(C)c1=O. The number of alkyl halides is 3. The van der Waals surface area contributed by atoms with Crippen molar-refractivity contribution >= 4 is 22.8 Å². The molecule has 0 atom stereocenters. The number of fused-ring (bicyclic) bond motifs is 1. The van der Waals surface area contributed by atoms with Gasteiger partial charge in [-0.05, 0) is 29.8 Å². The number of rotatable bonds is 4. The molecule has 0 spiro atoms. The van der Waals surface area contributed by atoms with Crippen molar-refractivity contribution in [3.05, 3.63) is 79.7 Å². The van der Waals surface area contributed by atoms with E-state index in [4.69, 9.17) is 16.3 Å². The predicted molar refractivity (Wildman–Crippen MR) is 110 cm³/mol. The lowest BCUT2D eigenvalue weighted by molar-refractivity contribution is -0.137. The predicted octanol–water partition coefficient (Wildman–Crippen LogP) is 3.34. The molecule has 0 aliphatic heterocycles. The molecule has 0 fully saturated rings. The van der Waals surface area contributed by atoms with Crippen LogP contribution in [0.5, 0.6) is 11.8 Å². The maximum absolute atomic E-state index is 13.1. The van der Waals surface area contributed by atoms with Crippen LogP contribution in [0.1, 0.15) is 11.1 Å². The molecule has 0 bridgehead atoms. The Bertz CT molecular complexity index is 1440. The van der Waals surface area contributed by atoms with Crippen molar-refractivity contribution in [1.29, 1.82) is 0 Å². The van der Waals surface area contributed by atoms with E-state index in [0.29, 0.717) is 5.56 Å². The summed E-state index contributed by atoms with van der Waals surface area (Å²) in [6.45, 7) is 0.0441. The molecular weight excluding hydrogens is 451 g/mol. The van der Waals surface area contributed by atoms with Crippen LogP contribution in [-0.2, 0) is 26.8 Å². The number of aryl methyl sites for hydroxylation is 1. The van der Waals surface area contributed by atoms with Gasteiger partial charge in [0.2, 0.25) is 0 Å². The Morgan fingerprint density at radius 2 is 1.84 bits per heavy atom. The highest BCUT2D eigenvalue weighted by atomic mass is 35.5. The lowest BCUT2D eigenvalue weighted by atomic mass is 10.2. The van der Waals surface area contributed by atoms with Crippen molar-refractivity contribution in [3.63, 3.8) is 0 Å². The molecule has 3 heterocycles. The third kappa shape index (κ3) is 3.86. The Morgan fingerprint density at radius 3 is 2.50 bits per heavy atom. The van der Waals surface area contributed by atoms with Crippen molar-refractivity contribution in [3.8, 4) is 11.8 Å². The van der Waals surface area contributed by atoms with Crippen LogP contribution in [-0.4, -0.2) is 23.7 Å². The summed E-state index contributed by atoms with van der Waals surface area (Å²) < 4.78 is 48.4. The second kappa shape index (κ2) is 7.83. The summed E-state index contributed by atoms with van der Waals surface area (Å²) in [7, 11) is 2.75. The van der Waals surface area contributed by atoms with Crippen molar-refractivity contribution < 1.29 is 17.9 Å². The Balaban J connectivity index is 1.91. The number of pyridine rings is 1. The molecule has 0 aliphatic carbocycles. The van der Waals surface area contributed by atoms with Gasteiger partial charge >= 0.3 is 17.9 Å². The molecule has 0 unspecified atom stereocenters. The average Bonchev–Trinajstić information content (AvgIpc) is 3.10. The molecule has 166 valence electrons. The Labute approximate surface area is 183 Å². The number of nitrogens with zero attached hydrogens (tertiary/aromatic N) is 5. The van der Waals surface area contributed by atoms with Crippen molar-refractivity contribution in [2.24, 2.45) is 14.1 Å².